The number of hydrogen-bond donors (Lipinski definition) is 2. The molecule has 2 fully saturated rings. The van der Waals surface area contributed by atoms with Crippen LogP contribution in [-0.4, -0.2) is 83.8 Å². The second kappa shape index (κ2) is 14.1. The molecule has 0 saturated carbocycles. The number of carbonyl (C=O) groups excluding carboxylic acids is 4. The quantitative estimate of drug-likeness (QED) is 0.335. The fourth-order valence-electron chi connectivity index (χ4n) is 7.63. The molecule has 8 atom stereocenters. The monoisotopic (exact) mass is 735 g/mol. The van der Waals surface area contributed by atoms with Gasteiger partial charge in [-0.05, 0) is 55.2 Å². The maximum atomic E-state index is 15.1. The first-order valence-electron chi connectivity index (χ1n) is 16.7. The zero-order valence-electron chi connectivity index (χ0n) is 28.0. The third-order valence-corrected chi connectivity index (χ3v) is 10.7. The van der Waals surface area contributed by atoms with Crippen LogP contribution in [0.3, 0.4) is 0 Å². The van der Waals surface area contributed by atoms with Gasteiger partial charge < -0.3 is 34.4 Å². The van der Waals surface area contributed by atoms with Gasteiger partial charge in [-0.15, -0.1) is 0 Å². The SMILES string of the molecule is COc1ccc(N2C/C=C\CCC(=O)N[C@H](C)[C@@H](c3ccccc3)OC(=O)[C@@H]3[C@H]4O[C@@]5(C=C4Br)[C@H](C2=O)N([C@@H](CO)C(C)C)C(=O)[C@@H]35)cc1. The molecule has 4 aliphatic rings. The standard InChI is InChI=1S/C37H42BrN3O8/c1-21(2)27(20-42)41-33-35(45)40(24-14-16-25(47-4)17-15-24)18-10-6-9-13-28(43)39-22(3)31(23-11-7-5-8-12-23)48-36(46)29-30(34(41)44)37(33)19-26(38)32(29)49-37/h5-8,10-12,14-17,19,21-22,27,29-33,42H,9,13,18,20H2,1-4H3,(H,39,43)/b10-6-/t22-,27+,29+,30-,31+,32+,33+,37-/m1/s1. The van der Waals surface area contributed by atoms with Gasteiger partial charge in [0, 0.05) is 23.1 Å². The van der Waals surface area contributed by atoms with E-state index >= 15 is 4.79 Å². The summed E-state index contributed by atoms with van der Waals surface area (Å²) in [5, 5.41) is 13.6. The topological polar surface area (TPSA) is 135 Å². The number of aliphatic hydroxyl groups excluding tert-OH is 1. The van der Waals surface area contributed by atoms with Crippen molar-refractivity contribution in [1.29, 1.82) is 0 Å². The van der Waals surface area contributed by atoms with Crippen LogP contribution in [-0.2, 0) is 28.7 Å². The summed E-state index contributed by atoms with van der Waals surface area (Å²) in [7, 11) is 1.55. The number of halogens is 1. The second-order valence-electron chi connectivity index (χ2n) is 13.3. The zero-order valence-corrected chi connectivity index (χ0v) is 29.5. The van der Waals surface area contributed by atoms with Crippen LogP contribution in [0.5, 0.6) is 5.75 Å². The van der Waals surface area contributed by atoms with Crippen LogP contribution < -0.4 is 15.0 Å². The fraction of sp³-hybridized carbons (Fsp3) is 0.459. The van der Waals surface area contributed by atoms with Crippen LogP contribution in [0.25, 0.3) is 0 Å². The van der Waals surface area contributed by atoms with Crippen molar-refractivity contribution in [2.24, 2.45) is 17.8 Å². The lowest BCUT2D eigenvalue weighted by Crippen LogP contribution is -2.59. The molecule has 11 nitrogen and oxygen atoms in total. The van der Waals surface area contributed by atoms with Gasteiger partial charge in [-0.1, -0.05) is 72.3 Å². The Kier molecular flexibility index (Phi) is 10.0. The van der Waals surface area contributed by atoms with Gasteiger partial charge in [0.2, 0.25) is 11.8 Å². The molecule has 4 heterocycles. The van der Waals surface area contributed by atoms with E-state index in [0.717, 1.165) is 0 Å². The molecule has 2 aromatic carbocycles. The van der Waals surface area contributed by atoms with Crippen molar-refractivity contribution in [2.75, 3.05) is 25.2 Å². The van der Waals surface area contributed by atoms with Crippen LogP contribution in [0.1, 0.15) is 45.3 Å². The molecule has 6 rings (SSSR count). The molecule has 0 aliphatic carbocycles. The van der Waals surface area contributed by atoms with E-state index in [4.69, 9.17) is 14.2 Å². The number of nitrogens with one attached hydrogen (secondary N) is 1. The van der Waals surface area contributed by atoms with Crippen LogP contribution in [0.15, 0.2) is 77.3 Å². The predicted molar refractivity (Wildman–Crippen MR) is 185 cm³/mol. The lowest BCUT2D eigenvalue weighted by atomic mass is 9.74. The van der Waals surface area contributed by atoms with E-state index in [1.807, 2.05) is 56.3 Å². The highest BCUT2D eigenvalue weighted by molar-refractivity contribution is 9.11. The molecule has 0 aromatic heterocycles. The molecular weight excluding hydrogens is 694 g/mol. The van der Waals surface area contributed by atoms with Gasteiger partial charge in [0.1, 0.15) is 35.5 Å². The van der Waals surface area contributed by atoms with Crippen molar-refractivity contribution >= 4 is 45.3 Å². The maximum absolute atomic E-state index is 15.1. The summed E-state index contributed by atoms with van der Waals surface area (Å²) in [5.74, 6) is -3.62. The van der Waals surface area contributed by atoms with Gasteiger partial charge in [0.15, 0.2) is 0 Å². The number of likely N-dealkylation sites (tertiary alicyclic amines) is 1. The number of aliphatic hydroxyl groups is 1. The minimum atomic E-state index is -1.52. The summed E-state index contributed by atoms with van der Waals surface area (Å²) in [6, 6.07) is 13.6. The molecule has 260 valence electrons. The number of benzene rings is 2. The Labute approximate surface area is 294 Å². The molecule has 0 radical (unpaired) electrons. The van der Waals surface area contributed by atoms with Crippen LogP contribution >= 0.6 is 15.9 Å². The molecule has 0 unspecified atom stereocenters. The summed E-state index contributed by atoms with van der Waals surface area (Å²) in [6.07, 6.45) is 4.26. The molecule has 2 N–H and O–H groups in total. The number of nitrogens with zero attached hydrogens (tertiary/aromatic N) is 2. The smallest absolute Gasteiger partial charge is 0.313 e. The van der Waals surface area contributed by atoms with Crippen molar-refractivity contribution in [2.45, 2.75) is 69.5 Å². The van der Waals surface area contributed by atoms with Crippen molar-refractivity contribution in [1.82, 2.24) is 10.2 Å². The minimum Gasteiger partial charge on any atom is -0.497 e. The molecule has 2 aromatic rings. The highest BCUT2D eigenvalue weighted by Gasteiger charge is 2.75. The molecule has 12 heteroatoms. The number of methoxy groups -OCH3 is 1. The number of esters is 1. The Bertz CT molecular complexity index is 1650. The van der Waals surface area contributed by atoms with E-state index in [-0.39, 0.29) is 24.8 Å². The lowest BCUT2D eigenvalue weighted by molar-refractivity contribution is -0.162. The van der Waals surface area contributed by atoms with Crippen LogP contribution in [0, 0.1) is 17.8 Å². The Morgan fingerprint density at radius 2 is 1.73 bits per heavy atom. The lowest BCUT2D eigenvalue weighted by Gasteiger charge is -2.40. The van der Waals surface area contributed by atoms with Gasteiger partial charge in [0.25, 0.3) is 5.91 Å². The minimum absolute atomic E-state index is 0.129. The Balaban J connectivity index is 1.50. The molecular formula is C37H42BrN3O8. The van der Waals surface area contributed by atoms with Crippen molar-refractivity contribution in [3.05, 3.63) is 82.9 Å². The summed E-state index contributed by atoms with van der Waals surface area (Å²) in [5.41, 5.74) is -0.291. The Hall–Kier alpha value is -4.00. The molecule has 5 bridgehead atoms. The third kappa shape index (κ3) is 6.19. The number of cyclic esters (lactones) is 1. The molecule has 4 aliphatic heterocycles. The number of carbonyl (C=O) groups is 4. The van der Waals surface area contributed by atoms with Crippen LogP contribution in [0.4, 0.5) is 5.69 Å². The first-order chi connectivity index (χ1) is 23.5. The number of rotatable bonds is 6. The molecule has 49 heavy (non-hydrogen) atoms. The van der Waals surface area contributed by atoms with Gasteiger partial charge in [0.05, 0.1) is 31.7 Å². The highest BCUT2D eigenvalue weighted by atomic mass is 79.9. The summed E-state index contributed by atoms with van der Waals surface area (Å²) >= 11 is 3.60. The first-order valence-corrected chi connectivity index (χ1v) is 17.5. The number of fused-ring (bicyclic) bond motifs is 2. The number of ether oxygens (including phenoxy) is 3. The van der Waals surface area contributed by atoms with E-state index in [1.54, 1.807) is 49.3 Å². The average Bonchev–Trinajstić information content (AvgIpc) is 3.68. The molecule has 1 spiro atoms. The van der Waals surface area contributed by atoms with Crippen LogP contribution in [0.2, 0.25) is 0 Å². The summed E-state index contributed by atoms with van der Waals surface area (Å²) in [6.45, 7) is 5.26. The van der Waals surface area contributed by atoms with Gasteiger partial charge >= 0.3 is 5.97 Å². The van der Waals surface area contributed by atoms with E-state index in [2.05, 4.69) is 21.2 Å². The highest BCUT2D eigenvalue weighted by Crippen LogP contribution is 2.59. The summed E-state index contributed by atoms with van der Waals surface area (Å²) < 4.78 is 18.8. The first kappa shape index (κ1) is 34.8. The number of anilines is 1. The van der Waals surface area contributed by atoms with E-state index < -0.39 is 72.2 Å². The van der Waals surface area contributed by atoms with E-state index in [0.29, 0.717) is 27.9 Å². The Morgan fingerprint density at radius 3 is 2.39 bits per heavy atom. The van der Waals surface area contributed by atoms with Crippen molar-refractivity contribution in [3.63, 3.8) is 0 Å². The zero-order chi connectivity index (χ0) is 35.0. The van der Waals surface area contributed by atoms with Gasteiger partial charge in [-0.3, -0.25) is 19.2 Å². The summed E-state index contributed by atoms with van der Waals surface area (Å²) in [4.78, 5) is 60.3. The average molecular weight is 737 g/mol. The normalized spacial score (nSPS) is 31.7. The van der Waals surface area contributed by atoms with E-state index in [1.165, 1.54) is 4.90 Å². The molecule has 3 amide bonds. The maximum Gasteiger partial charge on any atom is 0.313 e. The second-order valence-corrected chi connectivity index (χ2v) is 14.3. The largest absolute Gasteiger partial charge is 0.497 e. The number of amides is 3. The third-order valence-electron chi connectivity index (χ3n) is 10.0. The van der Waals surface area contributed by atoms with Gasteiger partial charge in [-0.25, -0.2) is 0 Å². The Morgan fingerprint density at radius 1 is 1.02 bits per heavy atom. The predicted octanol–water partition coefficient (Wildman–Crippen LogP) is 4.06. The fourth-order valence-corrected chi connectivity index (χ4v) is 8.37. The molecule has 2 saturated heterocycles. The number of allylic oxidation sites excluding steroid dienone is 1. The van der Waals surface area contributed by atoms with Gasteiger partial charge in [-0.2, -0.15) is 0 Å². The van der Waals surface area contributed by atoms with E-state index in [9.17, 15) is 19.5 Å². The van der Waals surface area contributed by atoms with Crippen molar-refractivity contribution in [3.8, 4) is 5.75 Å². The number of hydrogen-bond acceptors (Lipinski definition) is 8. The van der Waals surface area contributed by atoms with Crippen molar-refractivity contribution < 1.29 is 38.5 Å².